The number of nitrogens with zero attached hydrogens (tertiary/aromatic N) is 1. The van der Waals surface area contributed by atoms with Crippen molar-refractivity contribution < 1.29 is 27.2 Å². The number of alkyl halides is 3. The van der Waals surface area contributed by atoms with Crippen LogP contribution in [-0.4, -0.2) is 18.4 Å². The molecule has 0 bridgehead atoms. The predicted molar refractivity (Wildman–Crippen MR) is 86.9 cm³/mol. The molecule has 2 aromatic rings. The number of anilines is 2. The van der Waals surface area contributed by atoms with Crippen LogP contribution in [0, 0.1) is 11.7 Å². The van der Waals surface area contributed by atoms with E-state index in [2.05, 4.69) is 5.32 Å². The molecule has 136 valence electrons. The fourth-order valence-corrected chi connectivity index (χ4v) is 2.77. The average molecular weight is 366 g/mol. The van der Waals surface area contributed by atoms with Gasteiger partial charge in [-0.25, -0.2) is 4.39 Å². The molecule has 4 nitrogen and oxygen atoms in total. The molecular formula is C18H14F4N2O2. The van der Waals surface area contributed by atoms with Gasteiger partial charge in [-0.1, -0.05) is 6.07 Å². The smallest absolute Gasteiger partial charge is 0.326 e. The predicted octanol–water partition coefficient (Wildman–Crippen LogP) is 3.84. The Kier molecular flexibility index (Phi) is 4.67. The van der Waals surface area contributed by atoms with Crippen LogP contribution in [0.2, 0.25) is 0 Å². The molecule has 1 aliphatic heterocycles. The summed E-state index contributed by atoms with van der Waals surface area (Å²) in [5, 5.41) is 2.42. The molecule has 1 fully saturated rings. The maximum absolute atomic E-state index is 13.0. The Morgan fingerprint density at radius 3 is 2.46 bits per heavy atom. The molecule has 0 saturated carbocycles. The molecule has 0 unspecified atom stereocenters. The van der Waals surface area contributed by atoms with E-state index in [1.54, 1.807) is 0 Å². The Morgan fingerprint density at radius 2 is 1.81 bits per heavy atom. The molecule has 3 rings (SSSR count). The van der Waals surface area contributed by atoms with Crippen LogP contribution in [-0.2, 0) is 15.8 Å². The first-order chi connectivity index (χ1) is 12.2. The van der Waals surface area contributed by atoms with E-state index in [-0.39, 0.29) is 24.6 Å². The Hall–Kier alpha value is -2.90. The highest BCUT2D eigenvalue weighted by Crippen LogP contribution is 2.31. The lowest BCUT2D eigenvalue weighted by Gasteiger charge is -2.17. The lowest BCUT2D eigenvalue weighted by molar-refractivity contribution is -0.137. The molecule has 0 aliphatic carbocycles. The second kappa shape index (κ2) is 6.78. The van der Waals surface area contributed by atoms with Gasteiger partial charge < -0.3 is 10.2 Å². The van der Waals surface area contributed by atoms with Gasteiger partial charge in [0.2, 0.25) is 11.8 Å². The maximum atomic E-state index is 13.0. The summed E-state index contributed by atoms with van der Waals surface area (Å²) in [5.41, 5.74) is -0.394. The third-order valence-corrected chi connectivity index (χ3v) is 4.09. The van der Waals surface area contributed by atoms with E-state index >= 15 is 0 Å². The Balaban J connectivity index is 1.70. The number of benzene rings is 2. The molecular weight excluding hydrogens is 352 g/mol. The monoisotopic (exact) mass is 366 g/mol. The summed E-state index contributed by atoms with van der Waals surface area (Å²) in [6.45, 7) is 0.0786. The van der Waals surface area contributed by atoms with E-state index in [1.807, 2.05) is 0 Å². The van der Waals surface area contributed by atoms with E-state index in [1.165, 1.54) is 41.3 Å². The highest BCUT2D eigenvalue weighted by atomic mass is 19.4. The standard InChI is InChI=1S/C18H14F4N2O2/c19-13-4-6-15(7-5-13)24-10-11(8-16(24)25)17(26)23-14-3-1-2-12(9-14)18(20,21)22/h1-7,9,11H,8,10H2,(H,23,26)/t11-/m1/s1. The van der Waals surface area contributed by atoms with Crippen LogP contribution in [0.3, 0.4) is 0 Å². The molecule has 2 amide bonds. The van der Waals surface area contributed by atoms with Crippen LogP contribution in [0.15, 0.2) is 48.5 Å². The number of amides is 2. The zero-order valence-corrected chi connectivity index (χ0v) is 13.4. The molecule has 1 saturated heterocycles. The third-order valence-electron chi connectivity index (χ3n) is 4.09. The molecule has 2 aromatic carbocycles. The topological polar surface area (TPSA) is 49.4 Å². The van der Waals surface area contributed by atoms with Gasteiger partial charge >= 0.3 is 6.18 Å². The van der Waals surface area contributed by atoms with Gasteiger partial charge in [0.05, 0.1) is 11.5 Å². The van der Waals surface area contributed by atoms with Crippen molar-refractivity contribution in [2.75, 3.05) is 16.8 Å². The highest BCUT2D eigenvalue weighted by molar-refractivity contribution is 6.03. The molecule has 26 heavy (non-hydrogen) atoms. The lowest BCUT2D eigenvalue weighted by Crippen LogP contribution is -2.28. The number of hydrogen-bond acceptors (Lipinski definition) is 2. The summed E-state index contributed by atoms with van der Waals surface area (Å²) in [5.74, 6) is -2.00. The average Bonchev–Trinajstić information content (AvgIpc) is 2.97. The van der Waals surface area contributed by atoms with Crippen LogP contribution in [0.4, 0.5) is 28.9 Å². The molecule has 1 heterocycles. The van der Waals surface area contributed by atoms with Gasteiger partial charge in [-0.05, 0) is 42.5 Å². The van der Waals surface area contributed by atoms with E-state index in [0.717, 1.165) is 12.1 Å². The number of hydrogen-bond donors (Lipinski definition) is 1. The first kappa shape index (κ1) is 17.9. The normalized spacial score (nSPS) is 17.5. The maximum Gasteiger partial charge on any atom is 0.416 e. The Morgan fingerprint density at radius 1 is 1.12 bits per heavy atom. The highest BCUT2D eigenvalue weighted by Gasteiger charge is 2.35. The summed E-state index contributed by atoms with van der Waals surface area (Å²) in [4.78, 5) is 25.8. The Labute approximate surface area is 146 Å². The van der Waals surface area contributed by atoms with Crippen molar-refractivity contribution >= 4 is 23.2 Å². The van der Waals surface area contributed by atoms with Crippen LogP contribution in [0.5, 0.6) is 0 Å². The van der Waals surface area contributed by atoms with Gasteiger partial charge in [-0.15, -0.1) is 0 Å². The minimum Gasteiger partial charge on any atom is -0.326 e. The van der Waals surface area contributed by atoms with Gasteiger partial charge in [0.15, 0.2) is 0 Å². The largest absolute Gasteiger partial charge is 0.416 e. The molecule has 0 spiro atoms. The molecule has 0 radical (unpaired) electrons. The third kappa shape index (κ3) is 3.84. The van der Waals surface area contributed by atoms with Gasteiger partial charge in [-0.3, -0.25) is 9.59 Å². The molecule has 1 atom stereocenters. The van der Waals surface area contributed by atoms with Crippen LogP contribution < -0.4 is 10.2 Å². The van der Waals surface area contributed by atoms with Crippen molar-refractivity contribution in [1.29, 1.82) is 0 Å². The summed E-state index contributed by atoms with van der Waals surface area (Å²) in [6.07, 6.45) is -4.58. The fraction of sp³-hybridized carbons (Fsp3) is 0.222. The summed E-state index contributed by atoms with van der Waals surface area (Å²) in [6, 6.07) is 9.57. The van der Waals surface area contributed by atoms with Crippen molar-refractivity contribution in [3.05, 3.63) is 59.9 Å². The quantitative estimate of drug-likeness (QED) is 0.840. The first-order valence-corrected chi connectivity index (χ1v) is 7.78. The number of rotatable bonds is 3. The van der Waals surface area contributed by atoms with Gasteiger partial charge in [-0.2, -0.15) is 13.2 Å². The van der Waals surface area contributed by atoms with E-state index in [9.17, 15) is 27.2 Å². The van der Waals surface area contributed by atoms with Crippen molar-refractivity contribution in [3.8, 4) is 0 Å². The zero-order chi connectivity index (χ0) is 18.9. The lowest BCUT2D eigenvalue weighted by atomic mass is 10.1. The van der Waals surface area contributed by atoms with Crippen molar-refractivity contribution in [2.45, 2.75) is 12.6 Å². The number of carbonyl (C=O) groups excluding carboxylic acids is 2. The Bertz CT molecular complexity index is 834. The minimum absolute atomic E-state index is 0.0116. The van der Waals surface area contributed by atoms with Crippen molar-refractivity contribution in [2.24, 2.45) is 5.92 Å². The number of carbonyl (C=O) groups is 2. The SMILES string of the molecule is O=C(Nc1cccc(C(F)(F)F)c1)[C@@H]1CC(=O)N(c2ccc(F)cc2)C1. The molecule has 0 aromatic heterocycles. The second-order valence-corrected chi connectivity index (χ2v) is 5.95. The van der Waals surface area contributed by atoms with Gasteiger partial charge in [0, 0.05) is 24.3 Å². The summed E-state index contributed by atoms with van der Waals surface area (Å²) < 4.78 is 51.2. The van der Waals surface area contributed by atoms with Crippen LogP contribution >= 0.6 is 0 Å². The van der Waals surface area contributed by atoms with E-state index in [4.69, 9.17) is 0 Å². The van der Waals surface area contributed by atoms with Gasteiger partial charge in [0.1, 0.15) is 5.82 Å². The van der Waals surface area contributed by atoms with Crippen LogP contribution in [0.1, 0.15) is 12.0 Å². The van der Waals surface area contributed by atoms with Crippen LogP contribution in [0.25, 0.3) is 0 Å². The number of halogens is 4. The van der Waals surface area contributed by atoms with E-state index < -0.39 is 29.4 Å². The van der Waals surface area contributed by atoms with E-state index in [0.29, 0.717) is 5.69 Å². The second-order valence-electron chi connectivity index (χ2n) is 5.95. The fourth-order valence-electron chi connectivity index (χ4n) is 2.77. The van der Waals surface area contributed by atoms with Gasteiger partial charge in [0.25, 0.3) is 0 Å². The summed E-state index contributed by atoms with van der Waals surface area (Å²) in [7, 11) is 0. The zero-order valence-electron chi connectivity index (χ0n) is 13.4. The molecule has 1 aliphatic rings. The van der Waals surface area contributed by atoms with Crippen molar-refractivity contribution in [3.63, 3.8) is 0 Å². The van der Waals surface area contributed by atoms with Crippen molar-refractivity contribution in [1.82, 2.24) is 0 Å². The molecule has 1 N–H and O–H groups in total. The molecule has 8 heteroatoms. The first-order valence-electron chi connectivity index (χ1n) is 7.78. The minimum atomic E-state index is -4.51. The number of nitrogens with one attached hydrogen (secondary N) is 1. The summed E-state index contributed by atoms with van der Waals surface area (Å²) >= 11 is 0.